The van der Waals surface area contributed by atoms with Gasteiger partial charge in [0.05, 0.1) is 6.61 Å². The smallest absolute Gasteiger partial charge is 0.247 e. The summed E-state index contributed by atoms with van der Waals surface area (Å²) in [6.07, 6.45) is 1.67. The Kier molecular flexibility index (Phi) is 5.60. The number of amides is 1. The quantitative estimate of drug-likeness (QED) is 0.636. The number of benzene rings is 2. The molecule has 3 aromatic rings. The average Bonchev–Trinajstić information content (AvgIpc) is 3.21. The second-order valence-electron chi connectivity index (χ2n) is 7.30. The van der Waals surface area contributed by atoms with E-state index >= 15 is 0 Å². The number of rotatable bonds is 6. The molecule has 0 radical (unpaired) electrons. The summed E-state index contributed by atoms with van der Waals surface area (Å²) in [7, 11) is 0. The third-order valence-corrected chi connectivity index (χ3v) is 5.17. The second kappa shape index (κ2) is 8.47. The molecule has 1 aliphatic rings. The lowest BCUT2D eigenvalue weighted by molar-refractivity contribution is -0.132. The van der Waals surface area contributed by atoms with Crippen molar-refractivity contribution in [2.45, 2.75) is 39.7 Å². The van der Waals surface area contributed by atoms with Gasteiger partial charge in [-0.15, -0.1) is 10.2 Å². The third kappa shape index (κ3) is 4.47. The molecule has 2 heterocycles. The van der Waals surface area contributed by atoms with Crippen LogP contribution < -0.4 is 4.74 Å². The molecule has 6 nitrogen and oxygen atoms in total. The van der Waals surface area contributed by atoms with Crippen LogP contribution in [0.3, 0.4) is 0 Å². The van der Waals surface area contributed by atoms with Gasteiger partial charge in [0, 0.05) is 31.5 Å². The molecule has 0 spiro atoms. The summed E-state index contributed by atoms with van der Waals surface area (Å²) < 4.78 is 11.3. The molecule has 0 bridgehead atoms. The summed E-state index contributed by atoms with van der Waals surface area (Å²) in [5.41, 5.74) is 4.51. The summed E-state index contributed by atoms with van der Waals surface area (Å²) in [6.45, 7) is 5.99. The fourth-order valence-electron chi connectivity index (χ4n) is 3.54. The highest BCUT2D eigenvalue weighted by Gasteiger charge is 2.21. The van der Waals surface area contributed by atoms with Crippen LogP contribution in [0.5, 0.6) is 5.75 Å². The van der Waals surface area contributed by atoms with E-state index in [-0.39, 0.29) is 5.91 Å². The van der Waals surface area contributed by atoms with Crippen LogP contribution in [0.2, 0.25) is 0 Å². The highest BCUT2D eigenvalue weighted by atomic mass is 16.5. The molecular weight excluding hydrogens is 366 g/mol. The van der Waals surface area contributed by atoms with Crippen molar-refractivity contribution in [3.05, 3.63) is 65.0 Å². The molecule has 1 amide bonds. The molecule has 4 rings (SSSR count). The first-order chi connectivity index (χ1) is 14.1. The normalized spacial score (nSPS) is 13.2. The monoisotopic (exact) mass is 391 g/mol. The SMILES string of the molecule is CCOc1ccc2c(c1)CN(C(=O)CCc1nnc(-c3ccc(C)cc3)o1)CC2. The largest absolute Gasteiger partial charge is 0.494 e. The van der Waals surface area contributed by atoms with Gasteiger partial charge in [-0.3, -0.25) is 4.79 Å². The van der Waals surface area contributed by atoms with Gasteiger partial charge in [-0.1, -0.05) is 23.8 Å². The van der Waals surface area contributed by atoms with E-state index in [1.807, 2.05) is 55.1 Å². The number of aryl methyl sites for hydroxylation is 2. The van der Waals surface area contributed by atoms with E-state index in [2.05, 4.69) is 16.3 Å². The number of hydrogen-bond donors (Lipinski definition) is 0. The summed E-state index contributed by atoms with van der Waals surface area (Å²) >= 11 is 0. The molecular formula is C23H25N3O3. The van der Waals surface area contributed by atoms with Gasteiger partial charge < -0.3 is 14.1 Å². The lowest BCUT2D eigenvalue weighted by Gasteiger charge is -2.29. The van der Waals surface area contributed by atoms with Crippen molar-refractivity contribution in [3.63, 3.8) is 0 Å². The predicted octanol–water partition coefficient (Wildman–Crippen LogP) is 3.96. The van der Waals surface area contributed by atoms with Crippen LogP contribution in [0, 0.1) is 6.92 Å². The zero-order valence-electron chi connectivity index (χ0n) is 16.9. The predicted molar refractivity (Wildman–Crippen MR) is 110 cm³/mol. The van der Waals surface area contributed by atoms with Crippen LogP contribution in [-0.2, 0) is 24.2 Å². The Morgan fingerprint density at radius 1 is 1.14 bits per heavy atom. The molecule has 2 aromatic carbocycles. The maximum Gasteiger partial charge on any atom is 0.247 e. The standard InChI is InChI=1S/C23H25N3O3/c1-3-28-20-9-8-17-12-13-26(15-19(17)14-20)22(27)11-10-21-24-25-23(29-21)18-6-4-16(2)5-7-18/h4-9,14H,3,10-13,15H2,1-2H3. The minimum absolute atomic E-state index is 0.104. The van der Waals surface area contributed by atoms with Gasteiger partial charge in [0.1, 0.15) is 5.75 Å². The Bertz CT molecular complexity index is 995. The summed E-state index contributed by atoms with van der Waals surface area (Å²) in [5, 5.41) is 8.20. The van der Waals surface area contributed by atoms with Crippen LogP contribution in [-0.4, -0.2) is 34.2 Å². The number of hydrogen-bond acceptors (Lipinski definition) is 5. The molecule has 0 saturated carbocycles. The number of nitrogens with zero attached hydrogens (tertiary/aromatic N) is 3. The minimum Gasteiger partial charge on any atom is -0.494 e. The molecule has 1 aromatic heterocycles. The first-order valence-electron chi connectivity index (χ1n) is 10.0. The van der Waals surface area contributed by atoms with E-state index < -0.39 is 0 Å². The van der Waals surface area contributed by atoms with Crippen molar-refractivity contribution in [1.29, 1.82) is 0 Å². The fraction of sp³-hybridized carbons (Fsp3) is 0.348. The third-order valence-electron chi connectivity index (χ3n) is 5.17. The summed E-state index contributed by atoms with van der Waals surface area (Å²) in [5.74, 6) is 1.94. The molecule has 0 aliphatic carbocycles. The summed E-state index contributed by atoms with van der Waals surface area (Å²) in [4.78, 5) is 14.6. The van der Waals surface area contributed by atoms with Crippen molar-refractivity contribution in [2.75, 3.05) is 13.2 Å². The Balaban J connectivity index is 1.35. The number of aromatic nitrogens is 2. The van der Waals surface area contributed by atoms with Gasteiger partial charge in [-0.05, 0) is 55.7 Å². The van der Waals surface area contributed by atoms with Crippen molar-refractivity contribution in [3.8, 4) is 17.2 Å². The molecule has 0 unspecified atom stereocenters. The van der Waals surface area contributed by atoms with Crippen LogP contribution in [0.15, 0.2) is 46.9 Å². The highest BCUT2D eigenvalue weighted by molar-refractivity contribution is 5.76. The van der Waals surface area contributed by atoms with Crippen molar-refractivity contribution in [1.82, 2.24) is 15.1 Å². The Morgan fingerprint density at radius 3 is 2.76 bits per heavy atom. The lowest BCUT2D eigenvalue weighted by Crippen LogP contribution is -2.36. The van der Waals surface area contributed by atoms with Gasteiger partial charge in [0.15, 0.2) is 0 Å². The first-order valence-corrected chi connectivity index (χ1v) is 10.0. The number of carbonyl (C=O) groups excluding carboxylic acids is 1. The molecule has 29 heavy (non-hydrogen) atoms. The van der Waals surface area contributed by atoms with Gasteiger partial charge in [0.25, 0.3) is 0 Å². The molecule has 150 valence electrons. The van der Waals surface area contributed by atoms with Crippen LogP contribution >= 0.6 is 0 Å². The number of ether oxygens (including phenoxy) is 1. The Hall–Kier alpha value is -3.15. The van der Waals surface area contributed by atoms with E-state index in [0.29, 0.717) is 37.8 Å². The molecule has 0 atom stereocenters. The van der Waals surface area contributed by atoms with E-state index in [1.54, 1.807) is 0 Å². The fourth-order valence-corrected chi connectivity index (χ4v) is 3.54. The maximum absolute atomic E-state index is 12.7. The molecule has 0 saturated heterocycles. The maximum atomic E-state index is 12.7. The van der Waals surface area contributed by atoms with Crippen LogP contribution in [0.1, 0.15) is 35.9 Å². The minimum atomic E-state index is 0.104. The van der Waals surface area contributed by atoms with E-state index in [9.17, 15) is 4.79 Å². The second-order valence-corrected chi connectivity index (χ2v) is 7.30. The van der Waals surface area contributed by atoms with Crippen molar-refractivity contribution < 1.29 is 13.9 Å². The molecule has 1 aliphatic heterocycles. The molecule has 6 heteroatoms. The van der Waals surface area contributed by atoms with Crippen molar-refractivity contribution >= 4 is 5.91 Å². The zero-order valence-corrected chi connectivity index (χ0v) is 16.9. The van der Waals surface area contributed by atoms with E-state index in [0.717, 1.165) is 29.8 Å². The van der Waals surface area contributed by atoms with E-state index in [4.69, 9.17) is 9.15 Å². The van der Waals surface area contributed by atoms with Gasteiger partial charge >= 0.3 is 0 Å². The number of fused-ring (bicyclic) bond motifs is 1. The Morgan fingerprint density at radius 2 is 1.97 bits per heavy atom. The van der Waals surface area contributed by atoms with Crippen LogP contribution in [0.25, 0.3) is 11.5 Å². The highest BCUT2D eigenvalue weighted by Crippen LogP contribution is 2.25. The van der Waals surface area contributed by atoms with Gasteiger partial charge in [0.2, 0.25) is 17.7 Å². The molecule has 0 fully saturated rings. The zero-order chi connectivity index (χ0) is 20.2. The molecule has 0 N–H and O–H groups in total. The first kappa shape index (κ1) is 19.2. The van der Waals surface area contributed by atoms with E-state index in [1.165, 1.54) is 11.1 Å². The topological polar surface area (TPSA) is 68.5 Å². The summed E-state index contributed by atoms with van der Waals surface area (Å²) in [6, 6.07) is 14.1. The lowest BCUT2D eigenvalue weighted by atomic mass is 9.99. The van der Waals surface area contributed by atoms with Crippen molar-refractivity contribution in [2.24, 2.45) is 0 Å². The Labute approximate surface area is 170 Å². The van der Waals surface area contributed by atoms with Crippen LogP contribution in [0.4, 0.5) is 0 Å². The van der Waals surface area contributed by atoms with Gasteiger partial charge in [-0.25, -0.2) is 0 Å². The number of carbonyl (C=O) groups is 1. The van der Waals surface area contributed by atoms with Gasteiger partial charge in [-0.2, -0.15) is 0 Å². The average molecular weight is 391 g/mol.